The number of anilines is 1. The molecule has 0 radical (unpaired) electrons. The summed E-state index contributed by atoms with van der Waals surface area (Å²) in [6.45, 7) is 8.02. The molecule has 2 fully saturated rings. The van der Waals surface area contributed by atoms with E-state index < -0.39 is 5.82 Å². The predicted octanol–water partition coefficient (Wildman–Crippen LogP) is 3.21. The van der Waals surface area contributed by atoms with E-state index in [1.54, 1.807) is 11.1 Å². The van der Waals surface area contributed by atoms with Gasteiger partial charge in [0.1, 0.15) is 17.9 Å². The lowest BCUT2D eigenvalue weighted by Crippen LogP contribution is -2.65. The number of hydrogen-bond acceptors (Lipinski definition) is 6. The first-order valence-corrected chi connectivity index (χ1v) is 10.4. The second kappa shape index (κ2) is 7.83. The van der Waals surface area contributed by atoms with E-state index in [9.17, 15) is 9.18 Å². The van der Waals surface area contributed by atoms with Gasteiger partial charge in [0, 0.05) is 37.1 Å². The monoisotopic (exact) mass is 413 g/mol. The lowest BCUT2D eigenvalue weighted by Gasteiger charge is -2.58. The first-order chi connectivity index (χ1) is 14.3. The molecule has 7 nitrogen and oxygen atoms in total. The zero-order valence-corrected chi connectivity index (χ0v) is 17.6. The van der Waals surface area contributed by atoms with Gasteiger partial charge in [0.2, 0.25) is 0 Å². The van der Waals surface area contributed by atoms with Crippen LogP contribution in [0.25, 0.3) is 0 Å². The van der Waals surface area contributed by atoms with Crippen molar-refractivity contribution in [2.24, 2.45) is 11.1 Å². The first-order valence-electron chi connectivity index (χ1n) is 10.4. The van der Waals surface area contributed by atoms with Crippen LogP contribution >= 0.6 is 0 Å². The maximum atomic E-state index is 14.0. The van der Waals surface area contributed by atoms with Crippen LogP contribution < -0.4 is 15.4 Å². The molecule has 2 heterocycles. The number of amides is 1. The number of benzene rings is 1. The Bertz CT molecular complexity index is 937. The van der Waals surface area contributed by atoms with Gasteiger partial charge in [-0.1, -0.05) is 0 Å². The minimum Gasteiger partial charge on any atom is -0.451 e. The molecule has 1 aliphatic heterocycles. The summed E-state index contributed by atoms with van der Waals surface area (Å²) in [7, 11) is 0. The van der Waals surface area contributed by atoms with Gasteiger partial charge in [-0.25, -0.2) is 14.4 Å². The van der Waals surface area contributed by atoms with Gasteiger partial charge in [-0.15, -0.1) is 0 Å². The average molecular weight is 413 g/mol. The Morgan fingerprint density at radius 2 is 2.10 bits per heavy atom. The number of rotatable bonds is 6. The van der Waals surface area contributed by atoms with Gasteiger partial charge in [-0.2, -0.15) is 0 Å². The third-order valence-electron chi connectivity index (χ3n) is 6.02. The summed E-state index contributed by atoms with van der Waals surface area (Å²) < 4.78 is 20.1. The molecular formula is C22H28FN5O2. The molecule has 30 heavy (non-hydrogen) atoms. The molecule has 1 aliphatic carbocycles. The van der Waals surface area contributed by atoms with Crippen LogP contribution in [-0.2, 0) is 0 Å². The molecule has 1 saturated carbocycles. The van der Waals surface area contributed by atoms with Crippen molar-refractivity contribution in [2.75, 3.05) is 24.5 Å². The molecule has 0 bridgehead atoms. The van der Waals surface area contributed by atoms with Crippen molar-refractivity contribution in [1.29, 1.82) is 0 Å². The van der Waals surface area contributed by atoms with E-state index in [-0.39, 0.29) is 28.7 Å². The highest BCUT2D eigenvalue weighted by atomic mass is 19.1. The third kappa shape index (κ3) is 3.71. The van der Waals surface area contributed by atoms with Crippen LogP contribution in [0.5, 0.6) is 11.5 Å². The Balaban J connectivity index is 1.59. The van der Waals surface area contributed by atoms with Gasteiger partial charge in [0.05, 0.1) is 11.8 Å². The lowest BCUT2D eigenvalue weighted by atomic mass is 9.61. The van der Waals surface area contributed by atoms with Gasteiger partial charge < -0.3 is 20.3 Å². The highest BCUT2D eigenvalue weighted by molar-refractivity contribution is 5.97. The van der Waals surface area contributed by atoms with Crippen molar-refractivity contribution in [3.05, 3.63) is 42.1 Å². The molecule has 2 aliphatic rings. The molecule has 1 aromatic heterocycles. The van der Waals surface area contributed by atoms with Gasteiger partial charge in [0.15, 0.2) is 11.6 Å². The van der Waals surface area contributed by atoms with E-state index in [0.717, 1.165) is 25.9 Å². The normalized spacial score (nSPS) is 17.6. The molecule has 1 saturated heterocycles. The molecular weight excluding hydrogens is 385 g/mol. The van der Waals surface area contributed by atoms with Crippen molar-refractivity contribution < 1.29 is 13.9 Å². The van der Waals surface area contributed by atoms with Crippen molar-refractivity contribution in [3.8, 4) is 11.5 Å². The van der Waals surface area contributed by atoms with Gasteiger partial charge in [0.25, 0.3) is 5.91 Å². The van der Waals surface area contributed by atoms with Crippen molar-refractivity contribution in [1.82, 2.24) is 14.9 Å². The van der Waals surface area contributed by atoms with E-state index in [2.05, 4.69) is 14.9 Å². The number of aromatic nitrogens is 2. The summed E-state index contributed by atoms with van der Waals surface area (Å²) >= 11 is 0. The van der Waals surface area contributed by atoms with E-state index in [1.165, 1.54) is 24.5 Å². The molecule has 1 amide bonds. The van der Waals surface area contributed by atoms with Crippen molar-refractivity contribution in [3.63, 3.8) is 0 Å². The fourth-order valence-electron chi connectivity index (χ4n) is 4.62. The fraction of sp³-hybridized carbons (Fsp3) is 0.500. The summed E-state index contributed by atoms with van der Waals surface area (Å²) in [5, 5.41) is 0. The largest absolute Gasteiger partial charge is 0.451 e. The van der Waals surface area contributed by atoms with Crippen LogP contribution in [0.15, 0.2) is 30.7 Å². The molecule has 4 rings (SSSR count). The molecule has 1 aromatic carbocycles. The summed E-state index contributed by atoms with van der Waals surface area (Å²) in [4.78, 5) is 25.3. The molecule has 2 N–H and O–H groups in total. The van der Waals surface area contributed by atoms with E-state index >= 15 is 0 Å². The predicted molar refractivity (Wildman–Crippen MR) is 112 cm³/mol. The molecule has 2 aromatic rings. The zero-order valence-electron chi connectivity index (χ0n) is 17.6. The summed E-state index contributed by atoms with van der Waals surface area (Å²) in [5.41, 5.74) is 6.43. The number of hydrogen-bond donors (Lipinski definition) is 1. The Kier molecular flexibility index (Phi) is 5.36. The molecule has 1 spiro atoms. The quantitative estimate of drug-likeness (QED) is 0.783. The average Bonchev–Trinajstić information content (AvgIpc) is 2.65. The van der Waals surface area contributed by atoms with Crippen LogP contribution in [-0.4, -0.2) is 52.5 Å². The van der Waals surface area contributed by atoms with Crippen LogP contribution in [0.2, 0.25) is 0 Å². The van der Waals surface area contributed by atoms with E-state index in [0.29, 0.717) is 24.2 Å². The standard InChI is InChI=1S/C22H28FN5O2/c1-4-28(14(2)3)21(29)17-7-15(23)5-6-18(17)30-19-10-25-13-26-20(19)27-11-22(12-27)8-16(24)9-22/h5-7,10,13-14,16H,4,8-9,11-12,24H2,1-3H3. The second-order valence-electron chi connectivity index (χ2n) is 8.66. The smallest absolute Gasteiger partial charge is 0.257 e. The topological polar surface area (TPSA) is 84.6 Å². The van der Waals surface area contributed by atoms with Crippen LogP contribution in [0.1, 0.15) is 44.0 Å². The van der Waals surface area contributed by atoms with Gasteiger partial charge in [-0.3, -0.25) is 4.79 Å². The summed E-state index contributed by atoms with van der Waals surface area (Å²) in [5.74, 6) is 0.657. The van der Waals surface area contributed by atoms with Crippen molar-refractivity contribution >= 4 is 11.7 Å². The van der Waals surface area contributed by atoms with Crippen molar-refractivity contribution in [2.45, 2.75) is 45.7 Å². The molecule has 0 unspecified atom stereocenters. The number of nitrogens with two attached hydrogens (primary N) is 1. The summed E-state index contributed by atoms with van der Waals surface area (Å²) in [6.07, 6.45) is 5.12. The fourth-order valence-corrected chi connectivity index (χ4v) is 4.62. The molecule has 160 valence electrons. The van der Waals surface area contributed by atoms with Crippen LogP contribution in [0.3, 0.4) is 0 Å². The maximum absolute atomic E-state index is 14.0. The first kappa shape index (κ1) is 20.5. The number of carbonyl (C=O) groups is 1. The summed E-state index contributed by atoms with van der Waals surface area (Å²) in [6, 6.07) is 4.27. The number of ether oxygens (including phenoxy) is 1. The number of carbonyl (C=O) groups excluding carboxylic acids is 1. The SMILES string of the molecule is CCN(C(=O)c1cc(F)ccc1Oc1cncnc1N1CC2(CC(N)C2)C1)C(C)C. The second-order valence-corrected chi connectivity index (χ2v) is 8.66. The Hall–Kier alpha value is -2.74. The maximum Gasteiger partial charge on any atom is 0.257 e. The minimum absolute atomic E-state index is 0.0136. The highest BCUT2D eigenvalue weighted by Gasteiger charge is 2.52. The van der Waals surface area contributed by atoms with E-state index in [1.807, 2.05) is 20.8 Å². The van der Waals surface area contributed by atoms with Crippen LogP contribution in [0.4, 0.5) is 10.2 Å². The Labute approximate surface area is 176 Å². The highest BCUT2D eigenvalue weighted by Crippen LogP contribution is 2.50. The zero-order chi connectivity index (χ0) is 21.5. The Morgan fingerprint density at radius 1 is 1.37 bits per heavy atom. The lowest BCUT2D eigenvalue weighted by molar-refractivity contribution is 0.0655. The molecule has 0 atom stereocenters. The van der Waals surface area contributed by atoms with Gasteiger partial charge in [-0.05, 0) is 51.8 Å². The van der Waals surface area contributed by atoms with Gasteiger partial charge >= 0.3 is 0 Å². The number of halogens is 1. The van der Waals surface area contributed by atoms with Crippen LogP contribution in [0, 0.1) is 11.2 Å². The third-order valence-corrected chi connectivity index (χ3v) is 6.02. The van der Waals surface area contributed by atoms with E-state index in [4.69, 9.17) is 10.5 Å². The number of nitrogens with zero attached hydrogens (tertiary/aromatic N) is 4. The molecule has 8 heteroatoms. The Morgan fingerprint density at radius 3 is 2.73 bits per heavy atom. The minimum atomic E-state index is -0.485.